The van der Waals surface area contributed by atoms with Crippen LogP contribution in [0.3, 0.4) is 0 Å². The van der Waals surface area contributed by atoms with Crippen LogP contribution in [0.5, 0.6) is 0 Å². The lowest BCUT2D eigenvalue weighted by atomic mass is 9.82. The van der Waals surface area contributed by atoms with E-state index in [-0.39, 0.29) is 0 Å². The average molecular weight is 264 g/mol. The molecule has 0 aromatic heterocycles. The maximum Gasteiger partial charge on any atom is 0.00684 e. The minimum Gasteiger partial charge on any atom is -0.313 e. The molecule has 0 unspecified atom stereocenters. The Labute approximate surface area is 119 Å². The second kappa shape index (κ2) is 6.13. The second-order valence-corrected chi connectivity index (χ2v) is 7.49. The molecular weight excluding hydrogens is 232 g/mol. The molecule has 110 valence electrons. The lowest BCUT2D eigenvalue weighted by Gasteiger charge is -2.38. The predicted octanol–water partition coefficient (Wildman–Crippen LogP) is 3.42. The second-order valence-electron chi connectivity index (χ2n) is 7.49. The van der Waals surface area contributed by atoms with Gasteiger partial charge in [-0.1, -0.05) is 26.2 Å². The van der Waals surface area contributed by atoms with Gasteiger partial charge in [-0.25, -0.2) is 0 Å². The third-order valence-electron chi connectivity index (χ3n) is 5.75. The summed E-state index contributed by atoms with van der Waals surface area (Å²) in [6.45, 7) is 7.64. The molecule has 3 rings (SSSR count). The van der Waals surface area contributed by atoms with E-state index in [2.05, 4.69) is 17.1 Å². The van der Waals surface area contributed by atoms with E-state index in [4.69, 9.17) is 0 Å². The Morgan fingerprint density at radius 2 is 1.79 bits per heavy atom. The van der Waals surface area contributed by atoms with Crippen molar-refractivity contribution in [3.8, 4) is 0 Å². The highest BCUT2D eigenvalue weighted by Crippen LogP contribution is 2.39. The van der Waals surface area contributed by atoms with Crippen molar-refractivity contribution >= 4 is 0 Å². The molecule has 3 aliphatic carbocycles. The van der Waals surface area contributed by atoms with Crippen LogP contribution in [0.25, 0.3) is 0 Å². The van der Waals surface area contributed by atoms with E-state index < -0.39 is 0 Å². The van der Waals surface area contributed by atoms with Gasteiger partial charge >= 0.3 is 0 Å². The zero-order valence-electron chi connectivity index (χ0n) is 12.8. The molecule has 0 bridgehead atoms. The molecule has 0 atom stereocenters. The van der Waals surface area contributed by atoms with Crippen LogP contribution in [-0.2, 0) is 0 Å². The largest absolute Gasteiger partial charge is 0.313 e. The van der Waals surface area contributed by atoms with Gasteiger partial charge < -0.3 is 10.2 Å². The van der Waals surface area contributed by atoms with Crippen molar-refractivity contribution in [2.45, 2.75) is 70.8 Å². The van der Waals surface area contributed by atoms with Gasteiger partial charge in [-0.05, 0) is 56.4 Å². The van der Waals surface area contributed by atoms with Gasteiger partial charge in [-0.2, -0.15) is 0 Å². The van der Waals surface area contributed by atoms with Crippen LogP contribution < -0.4 is 5.32 Å². The van der Waals surface area contributed by atoms with Crippen LogP contribution >= 0.6 is 0 Å². The maximum absolute atomic E-state index is 3.82. The number of hydrogen-bond donors (Lipinski definition) is 1. The van der Waals surface area contributed by atoms with Crippen LogP contribution in [-0.4, -0.2) is 37.1 Å². The molecule has 0 amide bonds. The van der Waals surface area contributed by atoms with Crippen molar-refractivity contribution in [3.05, 3.63) is 0 Å². The summed E-state index contributed by atoms with van der Waals surface area (Å²) < 4.78 is 0. The average Bonchev–Trinajstić information content (AvgIpc) is 3.10. The number of nitrogens with zero attached hydrogens (tertiary/aromatic N) is 1. The van der Waals surface area contributed by atoms with Gasteiger partial charge in [0.1, 0.15) is 0 Å². The first kappa shape index (κ1) is 13.9. The summed E-state index contributed by atoms with van der Waals surface area (Å²) in [5.41, 5.74) is 0.613. The monoisotopic (exact) mass is 264 g/mol. The molecule has 0 aliphatic heterocycles. The predicted molar refractivity (Wildman–Crippen MR) is 81.4 cm³/mol. The summed E-state index contributed by atoms with van der Waals surface area (Å²) in [7, 11) is 0. The van der Waals surface area contributed by atoms with Crippen LogP contribution in [0.4, 0.5) is 0 Å². The van der Waals surface area contributed by atoms with Gasteiger partial charge in [0.15, 0.2) is 0 Å². The van der Waals surface area contributed by atoms with Gasteiger partial charge in [0, 0.05) is 25.7 Å². The molecule has 0 heterocycles. The Hall–Kier alpha value is -0.0800. The third-order valence-corrected chi connectivity index (χ3v) is 5.75. The van der Waals surface area contributed by atoms with E-state index in [9.17, 15) is 0 Å². The van der Waals surface area contributed by atoms with E-state index in [0.717, 1.165) is 12.0 Å². The summed E-state index contributed by atoms with van der Waals surface area (Å²) in [5, 5.41) is 3.82. The normalized spacial score (nSPS) is 26.8. The first-order chi connectivity index (χ1) is 9.30. The van der Waals surface area contributed by atoms with Crippen molar-refractivity contribution < 1.29 is 0 Å². The van der Waals surface area contributed by atoms with Gasteiger partial charge in [0.05, 0.1) is 0 Å². The van der Waals surface area contributed by atoms with Crippen LogP contribution in [0, 0.1) is 11.3 Å². The number of rotatable bonds is 8. The van der Waals surface area contributed by atoms with Gasteiger partial charge in [0.2, 0.25) is 0 Å². The van der Waals surface area contributed by atoms with Crippen LogP contribution in [0.15, 0.2) is 0 Å². The summed E-state index contributed by atoms with van der Waals surface area (Å²) in [5.74, 6) is 1.02. The SMILES string of the molecule is CCN(CC1CCC1)CC1(CNC2CC2)CCCC1. The Morgan fingerprint density at radius 3 is 2.32 bits per heavy atom. The molecule has 0 radical (unpaired) electrons. The van der Waals surface area contributed by atoms with E-state index in [1.165, 1.54) is 84.0 Å². The first-order valence-corrected chi connectivity index (χ1v) is 8.75. The van der Waals surface area contributed by atoms with Gasteiger partial charge in [0.25, 0.3) is 0 Å². The summed E-state index contributed by atoms with van der Waals surface area (Å²) in [6.07, 6.45) is 13.2. The Balaban J connectivity index is 1.51. The Bertz CT molecular complexity index is 275. The quantitative estimate of drug-likeness (QED) is 0.722. The lowest BCUT2D eigenvalue weighted by molar-refractivity contribution is 0.115. The number of hydrogen-bond acceptors (Lipinski definition) is 2. The first-order valence-electron chi connectivity index (χ1n) is 8.75. The smallest absolute Gasteiger partial charge is 0.00684 e. The Morgan fingerprint density at radius 1 is 1.05 bits per heavy atom. The molecule has 3 saturated carbocycles. The minimum absolute atomic E-state index is 0.613. The third kappa shape index (κ3) is 3.72. The van der Waals surface area contributed by atoms with Gasteiger partial charge in [-0.3, -0.25) is 0 Å². The molecule has 0 saturated heterocycles. The maximum atomic E-state index is 3.82. The zero-order chi connectivity index (χ0) is 13.1. The van der Waals surface area contributed by atoms with Crippen LogP contribution in [0.1, 0.15) is 64.7 Å². The van der Waals surface area contributed by atoms with Crippen molar-refractivity contribution in [1.29, 1.82) is 0 Å². The highest BCUT2D eigenvalue weighted by Gasteiger charge is 2.37. The fourth-order valence-electron chi connectivity index (χ4n) is 3.98. The van der Waals surface area contributed by atoms with E-state index in [0.29, 0.717) is 5.41 Å². The lowest BCUT2D eigenvalue weighted by Crippen LogP contribution is -2.45. The number of nitrogens with one attached hydrogen (secondary N) is 1. The molecule has 19 heavy (non-hydrogen) atoms. The highest BCUT2D eigenvalue weighted by atomic mass is 15.1. The molecule has 1 N–H and O–H groups in total. The van der Waals surface area contributed by atoms with Crippen molar-refractivity contribution in [2.75, 3.05) is 26.2 Å². The van der Waals surface area contributed by atoms with Gasteiger partial charge in [-0.15, -0.1) is 0 Å². The minimum atomic E-state index is 0.613. The van der Waals surface area contributed by atoms with E-state index in [1.54, 1.807) is 0 Å². The molecule has 2 nitrogen and oxygen atoms in total. The molecule has 3 aliphatic rings. The highest BCUT2D eigenvalue weighted by molar-refractivity contribution is 4.93. The molecule has 0 aromatic carbocycles. The summed E-state index contributed by atoms with van der Waals surface area (Å²) in [6, 6.07) is 0.874. The van der Waals surface area contributed by atoms with Crippen LogP contribution in [0.2, 0.25) is 0 Å². The molecule has 0 spiro atoms. The molecular formula is C17H32N2. The van der Waals surface area contributed by atoms with E-state index in [1.807, 2.05) is 0 Å². The zero-order valence-corrected chi connectivity index (χ0v) is 12.8. The Kier molecular flexibility index (Phi) is 4.48. The summed E-state index contributed by atoms with van der Waals surface area (Å²) in [4.78, 5) is 2.77. The van der Waals surface area contributed by atoms with Crippen molar-refractivity contribution in [1.82, 2.24) is 10.2 Å². The molecule has 3 fully saturated rings. The fraction of sp³-hybridized carbons (Fsp3) is 1.00. The molecule has 2 heteroatoms. The van der Waals surface area contributed by atoms with Crippen molar-refractivity contribution in [2.24, 2.45) is 11.3 Å². The standard InChI is InChI=1S/C17H32N2/c1-2-19(12-15-6-5-7-15)14-17(10-3-4-11-17)13-18-16-8-9-16/h15-16,18H,2-14H2,1H3. The topological polar surface area (TPSA) is 15.3 Å². The fourth-order valence-corrected chi connectivity index (χ4v) is 3.98. The summed E-state index contributed by atoms with van der Waals surface area (Å²) >= 11 is 0. The van der Waals surface area contributed by atoms with Crippen molar-refractivity contribution in [3.63, 3.8) is 0 Å². The molecule has 0 aromatic rings. The van der Waals surface area contributed by atoms with E-state index >= 15 is 0 Å².